The third-order valence-corrected chi connectivity index (χ3v) is 6.25. The minimum absolute atomic E-state index is 0.154. The van der Waals surface area contributed by atoms with Crippen LogP contribution in [0.2, 0.25) is 0 Å². The molecule has 2 aliphatic rings. The normalized spacial score (nSPS) is 37.2. The smallest absolute Gasteiger partial charge is 0.0782 e. The maximum absolute atomic E-state index is 6.62. The van der Waals surface area contributed by atoms with Crippen LogP contribution in [-0.2, 0) is 4.74 Å². The molecule has 2 heteroatoms. The third-order valence-electron chi connectivity index (χ3n) is 5.23. The zero-order chi connectivity index (χ0) is 13.0. The van der Waals surface area contributed by atoms with E-state index in [2.05, 4.69) is 29.8 Å². The Morgan fingerprint density at radius 2 is 1.67 bits per heavy atom. The number of ether oxygens (including phenoxy) is 1. The van der Waals surface area contributed by atoms with E-state index in [0.29, 0.717) is 6.10 Å². The minimum atomic E-state index is 0.154. The van der Waals surface area contributed by atoms with Crippen molar-refractivity contribution in [2.45, 2.75) is 83.3 Å². The highest BCUT2D eigenvalue weighted by molar-refractivity contribution is 9.09. The van der Waals surface area contributed by atoms with Gasteiger partial charge in [0, 0.05) is 5.33 Å². The Balaban J connectivity index is 1.92. The Bertz CT molecular complexity index is 245. The lowest BCUT2D eigenvalue weighted by atomic mass is 9.80. The first kappa shape index (κ1) is 14.8. The number of hydrogen-bond acceptors (Lipinski definition) is 1. The molecule has 0 aliphatic heterocycles. The molecule has 0 aromatic carbocycles. The Hall–Kier alpha value is 0.440. The lowest BCUT2D eigenvalue weighted by Crippen LogP contribution is -2.40. The van der Waals surface area contributed by atoms with E-state index in [9.17, 15) is 0 Å². The average molecular weight is 317 g/mol. The first-order valence-electron chi connectivity index (χ1n) is 7.89. The van der Waals surface area contributed by atoms with E-state index in [1.54, 1.807) is 0 Å². The van der Waals surface area contributed by atoms with Crippen LogP contribution in [0.25, 0.3) is 0 Å². The van der Waals surface area contributed by atoms with Gasteiger partial charge in [-0.2, -0.15) is 0 Å². The summed E-state index contributed by atoms with van der Waals surface area (Å²) in [4.78, 5) is 0. The van der Waals surface area contributed by atoms with Crippen molar-refractivity contribution in [1.29, 1.82) is 0 Å². The maximum Gasteiger partial charge on any atom is 0.0782 e. The highest BCUT2D eigenvalue weighted by atomic mass is 79.9. The van der Waals surface area contributed by atoms with Crippen LogP contribution in [-0.4, -0.2) is 17.0 Å². The van der Waals surface area contributed by atoms with E-state index < -0.39 is 0 Å². The number of hydrogen-bond donors (Lipinski definition) is 0. The monoisotopic (exact) mass is 316 g/mol. The second-order valence-electron chi connectivity index (χ2n) is 6.74. The van der Waals surface area contributed by atoms with Gasteiger partial charge in [0.25, 0.3) is 0 Å². The molecule has 0 saturated heterocycles. The first-order chi connectivity index (χ1) is 8.65. The molecule has 106 valence electrons. The highest BCUT2D eigenvalue weighted by Crippen LogP contribution is 2.38. The molecule has 0 amide bonds. The van der Waals surface area contributed by atoms with Crippen LogP contribution in [0, 0.1) is 11.8 Å². The van der Waals surface area contributed by atoms with E-state index in [1.807, 2.05) is 0 Å². The molecule has 0 bridgehead atoms. The number of alkyl halides is 1. The van der Waals surface area contributed by atoms with Gasteiger partial charge in [0.15, 0.2) is 0 Å². The molecule has 2 saturated carbocycles. The molecular weight excluding hydrogens is 288 g/mol. The molecule has 18 heavy (non-hydrogen) atoms. The van der Waals surface area contributed by atoms with Crippen LogP contribution in [0.4, 0.5) is 0 Å². The average Bonchev–Trinajstić information content (AvgIpc) is 2.60. The van der Waals surface area contributed by atoms with Gasteiger partial charge >= 0.3 is 0 Å². The Kier molecular flexibility index (Phi) is 5.56. The summed E-state index contributed by atoms with van der Waals surface area (Å²) in [5.41, 5.74) is 0.154. The highest BCUT2D eigenvalue weighted by Gasteiger charge is 2.35. The summed E-state index contributed by atoms with van der Waals surface area (Å²) in [5.74, 6) is 1.72. The molecule has 0 radical (unpaired) electrons. The summed E-state index contributed by atoms with van der Waals surface area (Å²) < 4.78 is 6.62. The second kappa shape index (κ2) is 6.74. The van der Waals surface area contributed by atoms with Gasteiger partial charge in [-0.25, -0.2) is 0 Å². The topological polar surface area (TPSA) is 9.23 Å². The van der Waals surface area contributed by atoms with Gasteiger partial charge < -0.3 is 4.74 Å². The van der Waals surface area contributed by atoms with Crippen molar-refractivity contribution in [3.8, 4) is 0 Å². The van der Waals surface area contributed by atoms with Crippen LogP contribution in [0.3, 0.4) is 0 Å². The Morgan fingerprint density at radius 3 is 2.22 bits per heavy atom. The molecular formula is C16H29BrO. The standard InChI is InChI=1S/C16H29BrO/c1-13-7-8-15(11-14(13)2)18-16(12-17)9-5-3-4-6-10-16/h13-15H,3-12H2,1-2H3. The van der Waals surface area contributed by atoms with E-state index in [-0.39, 0.29) is 5.60 Å². The minimum Gasteiger partial charge on any atom is -0.371 e. The summed E-state index contributed by atoms with van der Waals surface area (Å²) in [5, 5.41) is 1.03. The zero-order valence-corrected chi connectivity index (χ0v) is 13.7. The molecule has 0 aromatic heterocycles. The van der Waals surface area contributed by atoms with Gasteiger partial charge in [0.1, 0.15) is 0 Å². The molecule has 2 aliphatic carbocycles. The van der Waals surface area contributed by atoms with Crippen molar-refractivity contribution in [1.82, 2.24) is 0 Å². The fourth-order valence-electron chi connectivity index (χ4n) is 3.61. The lowest BCUT2D eigenvalue weighted by molar-refractivity contribution is -0.109. The van der Waals surface area contributed by atoms with Gasteiger partial charge in [-0.1, -0.05) is 55.5 Å². The molecule has 1 nitrogen and oxygen atoms in total. The molecule has 2 fully saturated rings. The molecule has 3 unspecified atom stereocenters. The van der Waals surface area contributed by atoms with Gasteiger partial charge in [-0.3, -0.25) is 0 Å². The summed E-state index contributed by atoms with van der Waals surface area (Å²) in [6.45, 7) is 4.79. The van der Waals surface area contributed by atoms with Gasteiger partial charge in [0.2, 0.25) is 0 Å². The predicted molar refractivity (Wildman–Crippen MR) is 81.3 cm³/mol. The van der Waals surface area contributed by atoms with Crippen molar-refractivity contribution in [2.75, 3.05) is 5.33 Å². The number of rotatable bonds is 3. The molecule has 0 spiro atoms. The van der Waals surface area contributed by atoms with E-state index in [0.717, 1.165) is 17.2 Å². The predicted octanol–water partition coefficient (Wildman–Crippen LogP) is 5.32. The first-order valence-corrected chi connectivity index (χ1v) is 9.01. The molecule has 0 N–H and O–H groups in total. The van der Waals surface area contributed by atoms with E-state index in [4.69, 9.17) is 4.74 Å². The van der Waals surface area contributed by atoms with E-state index in [1.165, 1.54) is 57.8 Å². The van der Waals surface area contributed by atoms with Crippen LogP contribution in [0.15, 0.2) is 0 Å². The van der Waals surface area contributed by atoms with Crippen molar-refractivity contribution < 1.29 is 4.74 Å². The molecule has 3 atom stereocenters. The van der Waals surface area contributed by atoms with Gasteiger partial charge in [-0.15, -0.1) is 0 Å². The Labute approximate surface area is 121 Å². The summed E-state index contributed by atoms with van der Waals surface area (Å²) in [6.07, 6.45) is 12.4. The van der Waals surface area contributed by atoms with Crippen molar-refractivity contribution in [3.63, 3.8) is 0 Å². The summed E-state index contributed by atoms with van der Waals surface area (Å²) >= 11 is 3.73. The summed E-state index contributed by atoms with van der Waals surface area (Å²) in [7, 11) is 0. The SMILES string of the molecule is CC1CCC(OC2(CBr)CCCCCC2)CC1C. The van der Waals surface area contributed by atoms with Crippen LogP contribution in [0.5, 0.6) is 0 Å². The van der Waals surface area contributed by atoms with Gasteiger partial charge in [0.05, 0.1) is 11.7 Å². The largest absolute Gasteiger partial charge is 0.371 e. The molecule has 0 aromatic rings. The fraction of sp³-hybridized carbons (Fsp3) is 1.00. The summed E-state index contributed by atoms with van der Waals surface area (Å²) in [6, 6.07) is 0. The quantitative estimate of drug-likeness (QED) is 0.506. The second-order valence-corrected chi connectivity index (χ2v) is 7.30. The lowest BCUT2D eigenvalue weighted by Gasteiger charge is -2.40. The van der Waals surface area contributed by atoms with Crippen LogP contribution >= 0.6 is 15.9 Å². The zero-order valence-electron chi connectivity index (χ0n) is 12.1. The van der Waals surface area contributed by atoms with Crippen LogP contribution < -0.4 is 0 Å². The van der Waals surface area contributed by atoms with Crippen molar-refractivity contribution >= 4 is 15.9 Å². The molecule has 0 heterocycles. The Morgan fingerprint density at radius 1 is 1.00 bits per heavy atom. The van der Waals surface area contributed by atoms with Crippen molar-refractivity contribution in [2.24, 2.45) is 11.8 Å². The van der Waals surface area contributed by atoms with Crippen molar-refractivity contribution in [3.05, 3.63) is 0 Å². The van der Waals surface area contributed by atoms with Gasteiger partial charge in [-0.05, 0) is 43.9 Å². The third kappa shape index (κ3) is 3.72. The molecule has 2 rings (SSSR count). The van der Waals surface area contributed by atoms with E-state index >= 15 is 0 Å². The van der Waals surface area contributed by atoms with Crippen LogP contribution in [0.1, 0.15) is 71.6 Å². The fourth-order valence-corrected chi connectivity index (χ4v) is 4.31. The number of halogens is 1. The maximum atomic E-state index is 6.62.